The van der Waals surface area contributed by atoms with Crippen molar-refractivity contribution in [3.8, 4) is 5.75 Å². The van der Waals surface area contributed by atoms with Gasteiger partial charge in [-0.05, 0) is 11.4 Å². The molecular weight excluding hydrogens is 189 g/mol. The highest BCUT2D eigenvalue weighted by Crippen LogP contribution is 2.36. The van der Waals surface area contributed by atoms with Crippen LogP contribution < -0.4 is 10.5 Å². The van der Waals surface area contributed by atoms with Gasteiger partial charge in [-0.15, -0.1) is 11.3 Å². The quantitative estimate of drug-likeness (QED) is 0.713. The number of anilines is 1. The highest BCUT2D eigenvalue weighted by Gasteiger charge is 2.11. The molecule has 0 fully saturated rings. The molecule has 0 aliphatic rings. The van der Waals surface area contributed by atoms with Gasteiger partial charge in [-0.2, -0.15) is 0 Å². The second kappa shape index (κ2) is 2.88. The van der Waals surface area contributed by atoms with Gasteiger partial charge in [0, 0.05) is 11.5 Å². The molecule has 1 heterocycles. The summed E-state index contributed by atoms with van der Waals surface area (Å²) in [5.74, 6) is 0.265. The molecule has 13 heavy (non-hydrogen) atoms. The van der Waals surface area contributed by atoms with Gasteiger partial charge in [0.15, 0.2) is 5.75 Å². The van der Waals surface area contributed by atoms with E-state index in [0.29, 0.717) is 16.1 Å². The summed E-state index contributed by atoms with van der Waals surface area (Å²) in [6.45, 7) is 0. The molecule has 68 valence electrons. The van der Waals surface area contributed by atoms with Crippen LogP contribution in [-0.4, -0.2) is 7.11 Å². The van der Waals surface area contributed by atoms with Gasteiger partial charge >= 0.3 is 0 Å². The van der Waals surface area contributed by atoms with Crippen LogP contribution in [0.15, 0.2) is 17.5 Å². The van der Waals surface area contributed by atoms with Crippen molar-refractivity contribution in [2.24, 2.45) is 0 Å². The minimum atomic E-state index is -0.289. The molecule has 0 bridgehead atoms. The summed E-state index contributed by atoms with van der Waals surface area (Å²) in [4.78, 5) is 0. The minimum absolute atomic E-state index is 0.289. The summed E-state index contributed by atoms with van der Waals surface area (Å²) in [6.07, 6.45) is 0. The second-order valence-corrected chi connectivity index (χ2v) is 3.56. The van der Waals surface area contributed by atoms with E-state index in [0.717, 1.165) is 5.39 Å². The van der Waals surface area contributed by atoms with Crippen LogP contribution in [0.25, 0.3) is 10.1 Å². The lowest BCUT2D eigenvalue weighted by Gasteiger charge is -2.05. The molecule has 4 heteroatoms. The first-order valence-electron chi connectivity index (χ1n) is 3.73. The monoisotopic (exact) mass is 197 g/mol. The molecule has 2 rings (SSSR count). The van der Waals surface area contributed by atoms with Crippen LogP contribution in [-0.2, 0) is 0 Å². The highest BCUT2D eigenvalue weighted by molar-refractivity contribution is 7.17. The molecule has 2 N–H and O–H groups in total. The van der Waals surface area contributed by atoms with E-state index in [1.165, 1.54) is 24.5 Å². The van der Waals surface area contributed by atoms with Crippen LogP contribution in [0.1, 0.15) is 0 Å². The van der Waals surface area contributed by atoms with Crippen molar-refractivity contribution in [1.29, 1.82) is 0 Å². The van der Waals surface area contributed by atoms with Crippen molar-refractivity contribution in [1.82, 2.24) is 0 Å². The summed E-state index contributed by atoms with van der Waals surface area (Å²) in [6, 6.07) is 3.09. The number of hydrogen-bond acceptors (Lipinski definition) is 3. The predicted octanol–water partition coefficient (Wildman–Crippen LogP) is 2.63. The Morgan fingerprint density at radius 2 is 2.31 bits per heavy atom. The fourth-order valence-corrected chi connectivity index (χ4v) is 2.12. The lowest BCUT2D eigenvalue weighted by molar-refractivity contribution is 0.421. The smallest absolute Gasteiger partial charge is 0.150 e. The van der Waals surface area contributed by atoms with E-state index in [1.54, 1.807) is 6.07 Å². The van der Waals surface area contributed by atoms with Crippen LogP contribution in [0, 0.1) is 5.82 Å². The largest absolute Gasteiger partial charge is 0.494 e. The first-order valence-corrected chi connectivity index (χ1v) is 4.61. The molecule has 0 amide bonds. The maximum absolute atomic E-state index is 13.3. The van der Waals surface area contributed by atoms with E-state index in [9.17, 15) is 4.39 Å². The van der Waals surface area contributed by atoms with Gasteiger partial charge in [0.2, 0.25) is 0 Å². The Morgan fingerprint density at radius 1 is 1.54 bits per heavy atom. The number of hydrogen-bond donors (Lipinski definition) is 1. The summed E-state index contributed by atoms with van der Waals surface area (Å²) in [7, 11) is 1.53. The molecule has 0 aliphatic heterocycles. The summed E-state index contributed by atoms with van der Waals surface area (Å²) in [5, 5.41) is 2.56. The lowest BCUT2D eigenvalue weighted by atomic mass is 10.2. The Labute approximate surface area is 78.7 Å². The third-order valence-electron chi connectivity index (χ3n) is 1.88. The third-order valence-corrected chi connectivity index (χ3v) is 2.80. The van der Waals surface area contributed by atoms with E-state index < -0.39 is 0 Å². The Bertz CT molecular complexity index is 452. The highest BCUT2D eigenvalue weighted by atomic mass is 32.1. The molecule has 0 spiro atoms. The Kier molecular flexibility index (Phi) is 1.84. The van der Waals surface area contributed by atoms with Crippen molar-refractivity contribution in [2.75, 3.05) is 12.8 Å². The van der Waals surface area contributed by atoms with Gasteiger partial charge in [0.1, 0.15) is 5.82 Å². The maximum Gasteiger partial charge on any atom is 0.150 e. The molecule has 0 unspecified atom stereocenters. The van der Waals surface area contributed by atoms with Crippen LogP contribution in [0.5, 0.6) is 5.75 Å². The van der Waals surface area contributed by atoms with Crippen molar-refractivity contribution in [3.05, 3.63) is 23.3 Å². The van der Waals surface area contributed by atoms with E-state index in [-0.39, 0.29) is 5.82 Å². The van der Waals surface area contributed by atoms with Crippen molar-refractivity contribution < 1.29 is 9.13 Å². The number of benzene rings is 1. The number of nitrogens with two attached hydrogens (primary N) is 1. The zero-order valence-corrected chi connectivity index (χ0v) is 7.82. The van der Waals surface area contributed by atoms with Gasteiger partial charge in [-0.3, -0.25) is 0 Å². The normalized spacial score (nSPS) is 10.6. The second-order valence-electron chi connectivity index (χ2n) is 2.64. The Morgan fingerprint density at radius 3 is 3.00 bits per heavy atom. The number of rotatable bonds is 1. The third kappa shape index (κ3) is 1.14. The number of thiophene rings is 1. The SMILES string of the molecule is COc1c(N)cc(F)c2sccc12. The van der Waals surface area contributed by atoms with E-state index >= 15 is 0 Å². The number of methoxy groups -OCH3 is 1. The molecule has 1 aromatic heterocycles. The number of ether oxygens (including phenoxy) is 1. The number of halogens is 1. The number of nitrogen functional groups attached to an aromatic ring is 1. The van der Waals surface area contributed by atoms with Crippen molar-refractivity contribution in [3.63, 3.8) is 0 Å². The van der Waals surface area contributed by atoms with E-state index in [1.807, 2.05) is 5.38 Å². The van der Waals surface area contributed by atoms with Crippen molar-refractivity contribution >= 4 is 27.1 Å². The van der Waals surface area contributed by atoms with E-state index in [2.05, 4.69) is 0 Å². The summed E-state index contributed by atoms with van der Waals surface area (Å²) in [5.41, 5.74) is 5.94. The van der Waals surface area contributed by atoms with Gasteiger partial charge in [0.05, 0.1) is 17.5 Å². The van der Waals surface area contributed by atoms with Gasteiger partial charge in [0.25, 0.3) is 0 Å². The van der Waals surface area contributed by atoms with Crippen LogP contribution in [0.3, 0.4) is 0 Å². The summed E-state index contributed by atoms with van der Waals surface area (Å²) >= 11 is 1.34. The standard InChI is InChI=1S/C9H8FNOS/c1-12-8-5-2-3-13-9(5)6(10)4-7(8)11/h2-4H,11H2,1H3. The number of fused-ring (bicyclic) bond motifs is 1. The van der Waals surface area contributed by atoms with Crippen LogP contribution in [0.4, 0.5) is 10.1 Å². The molecule has 2 aromatic rings. The zero-order chi connectivity index (χ0) is 9.42. The Balaban J connectivity index is 2.88. The van der Waals surface area contributed by atoms with Crippen LogP contribution >= 0.6 is 11.3 Å². The topological polar surface area (TPSA) is 35.2 Å². The van der Waals surface area contributed by atoms with Crippen molar-refractivity contribution in [2.45, 2.75) is 0 Å². The summed E-state index contributed by atoms with van der Waals surface area (Å²) < 4.78 is 18.9. The molecule has 0 saturated carbocycles. The fourth-order valence-electron chi connectivity index (χ4n) is 1.32. The van der Waals surface area contributed by atoms with Crippen LogP contribution in [0.2, 0.25) is 0 Å². The maximum atomic E-state index is 13.3. The average molecular weight is 197 g/mol. The first-order chi connectivity index (χ1) is 6.24. The average Bonchev–Trinajstić information content (AvgIpc) is 2.53. The minimum Gasteiger partial charge on any atom is -0.494 e. The fraction of sp³-hybridized carbons (Fsp3) is 0.111. The zero-order valence-electron chi connectivity index (χ0n) is 7.00. The molecule has 1 aromatic carbocycles. The molecular formula is C9H8FNOS. The molecule has 0 atom stereocenters. The van der Waals surface area contributed by atoms with Gasteiger partial charge < -0.3 is 10.5 Å². The first kappa shape index (κ1) is 8.31. The Hall–Kier alpha value is -1.29. The van der Waals surface area contributed by atoms with E-state index in [4.69, 9.17) is 10.5 Å². The van der Waals surface area contributed by atoms with Gasteiger partial charge in [-0.1, -0.05) is 0 Å². The lowest BCUT2D eigenvalue weighted by Crippen LogP contribution is -1.93. The molecule has 0 saturated heterocycles. The molecule has 0 radical (unpaired) electrons. The molecule has 2 nitrogen and oxygen atoms in total. The van der Waals surface area contributed by atoms with Gasteiger partial charge in [-0.25, -0.2) is 4.39 Å². The predicted molar refractivity (Wildman–Crippen MR) is 52.7 cm³/mol. The molecule has 0 aliphatic carbocycles.